The third-order valence-corrected chi connectivity index (χ3v) is 4.21. The Morgan fingerprint density at radius 1 is 1.29 bits per heavy atom. The summed E-state index contributed by atoms with van der Waals surface area (Å²) in [5.74, 6) is 0.738. The van der Waals surface area contributed by atoms with Crippen molar-refractivity contribution in [3.05, 3.63) is 55.0 Å². The summed E-state index contributed by atoms with van der Waals surface area (Å²) >= 11 is 0. The predicted octanol–water partition coefficient (Wildman–Crippen LogP) is 3.25. The normalized spacial score (nSPS) is 17.2. The minimum atomic E-state index is -0.0963. The van der Waals surface area contributed by atoms with E-state index in [-0.39, 0.29) is 12.1 Å². The lowest BCUT2D eigenvalue weighted by Gasteiger charge is -2.18. The number of hydrogen-bond acceptors (Lipinski definition) is 3. The molecule has 122 valence electrons. The maximum absolute atomic E-state index is 12.5. The maximum Gasteiger partial charge on any atom is 0.321 e. The lowest BCUT2D eigenvalue weighted by Crippen LogP contribution is -2.34. The summed E-state index contributed by atoms with van der Waals surface area (Å²) in [6.45, 7) is 1.25. The molecule has 1 fully saturated rings. The van der Waals surface area contributed by atoms with E-state index >= 15 is 0 Å². The van der Waals surface area contributed by atoms with Gasteiger partial charge in [0.2, 0.25) is 0 Å². The number of nitrogens with one attached hydrogen (secondary N) is 2. The van der Waals surface area contributed by atoms with Crippen molar-refractivity contribution >= 4 is 22.6 Å². The van der Waals surface area contributed by atoms with Gasteiger partial charge in [0.25, 0.3) is 0 Å². The molecule has 3 heterocycles. The standard InChI is InChI=1S/C18H18N4O2/c23-18(21-17-5-1-4-16-15(17)6-9-20-16)22-10-7-14(12-22)24-13-3-2-8-19-11-13/h1-6,8-9,11,14,20H,7,10,12H2,(H,21,23). The van der Waals surface area contributed by atoms with Gasteiger partial charge in [-0.05, 0) is 30.3 Å². The summed E-state index contributed by atoms with van der Waals surface area (Å²) in [5, 5.41) is 4.00. The fourth-order valence-corrected chi connectivity index (χ4v) is 3.01. The Morgan fingerprint density at radius 3 is 3.12 bits per heavy atom. The van der Waals surface area contributed by atoms with Crippen LogP contribution in [0, 0.1) is 0 Å². The van der Waals surface area contributed by atoms with Crippen molar-refractivity contribution in [2.24, 2.45) is 0 Å². The number of aromatic nitrogens is 2. The molecule has 0 bridgehead atoms. The molecule has 2 amide bonds. The van der Waals surface area contributed by atoms with Crippen LogP contribution in [-0.2, 0) is 0 Å². The van der Waals surface area contributed by atoms with E-state index < -0.39 is 0 Å². The van der Waals surface area contributed by atoms with E-state index in [4.69, 9.17) is 4.74 Å². The quantitative estimate of drug-likeness (QED) is 0.777. The molecular weight excluding hydrogens is 304 g/mol. The first-order chi connectivity index (χ1) is 11.8. The van der Waals surface area contributed by atoms with Crippen LogP contribution >= 0.6 is 0 Å². The number of carbonyl (C=O) groups excluding carboxylic acids is 1. The minimum Gasteiger partial charge on any atom is -0.487 e. The molecular formula is C18H18N4O2. The second kappa shape index (κ2) is 6.23. The third-order valence-electron chi connectivity index (χ3n) is 4.21. The average Bonchev–Trinajstić information content (AvgIpc) is 3.25. The van der Waals surface area contributed by atoms with Gasteiger partial charge in [-0.2, -0.15) is 0 Å². The molecule has 2 aromatic heterocycles. The molecule has 1 atom stereocenters. The smallest absolute Gasteiger partial charge is 0.321 e. The molecule has 0 radical (unpaired) electrons. The van der Waals surface area contributed by atoms with Crippen molar-refractivity contribution in [3.63, 3.8) is 0 Å². The van der Waals surface area contributed by atoms with Crippen LogP contribution in [-0.4, -0.2) is 40.1 Å². The monoisotopic (exact) mass is 322 g/mol. The highest BCUT2D eigenvalue weighted by molar-refractivity contribution is 6.00. The van der Waals surface area contributed by atoms with Crippen LogP contribution < -0.4 is 10.1 Å². The predicted molar refractivity (Wildman–Crippen MR) is 92.2 cm³/mol. The second-order valence-electron chi connectivity index (χ2n) is 5.84. The Labute approximate surface area is 139 Å². The summed E-state index contributed by atoms with van der Waals surface area (Å²) < 4.78 is 5.87. The zero-order valence-corrected chi connectivity index (χ0v) is 13.1. The van der Waals surface area contributed by atoms with Gasteiger partial charge in [0.15, 0.2) is 0 Å². The summed E-state index contributed by atoms with van der Waals surface area (Å²) in [6, 6.07) is 11.4. The van der Waals surface area contributed by atoms with E-state index in [0.717, 1.165) is 28.8 Å². The molecule has 1 aromatic carbocycles. The topological polar surface area (TPSA) is 70.2 Å². The van der Waals surface area contributed by atoms with E-state index in [9.17, 15) is 4.79 Å². The number of nitrogens with zero attached hydrogens (tertiary/aromatic N) is 2. The Morgan fingerprint density at radius 2 is 2.25 bits per heavy atom. The molecule has 24 heavy (non-hydrogen) atoms. The van der Waals surface area contributed by atoms with Gasteiger partial charge in [-0.15, -0.1) is 0 Å². The second-order valence-corrected chi connectivity index (χ2v) is 5.84. The van der Waals surface area contributed by atoms with Gasteiger partial charge < -0.3 is 19.9 Å². The maximum atomic E-state index is 12.5. The highest BCUT2D eigenvalue weighted by atomic mass is 16.5. The van der Waals surface area contributed by atoms with Crippen LogP contribution in [0.15, 0.2) is 55.0 Å². The zero-order chi connectivity index (χ0) is 16.4. The van der Waals surface area contributed by atoms with Gasteiger partial charge in [0.05, 0.1) is 18.4 Å². The Kier molecular flexibility index (Phi) is 3.78. The summed E-state index contributed by atoms with van der Waals surface area (Å²) in [6.07, 6.45) is 6.09. The minimum absolute atomic E-state index is 0.00278. The average molecular weight is 322 g/mol. The van der Waals surface area contributed by atoms with Gasteiger partial charge in [-0.25, -0.2) is 4.79 Å². The SMILES string of the molecule is O=C(Nc1cccc2[nH]ccc12)N1CCC(Oc2cccnc2)C1. The van der Waals surface area contributed by atoms with Gasteiger partial charge >= 0.3 is 6.03 Å². The van der Waals surface area contributed by atoms with Crippen LogP contribution in [0.1, 0.15) is 6.42 Å². The number of fused-ring (bicyclic) bond motifs is 1. The fraction of sp³-hybridized carbons (Fsp3) is 0.222. The summed E-state index contributed by atoms with van der Waals surface area (Å²) in [7, 11) is 0. The van der Waals surface area contributed by atoms with Crippen molar-refractivity contribution in [1.29, 1.82) is 0 Å². The van der Waals surface area contributed by atoms with Gasteiger partial charge in [-0.1, -0.05) is 6.07 Å². The van der Waals surface area contributed by atoms with Crippen LogP contribution in [0.5, 0.6) is 5.75 Å². The van der Waals surface area contributed by atoms with Crippen molar-refractivity contribution in [2.75, 3.05) is 18.4 Å². The molecule has 3 aromatic rings. The number of amides is 2. The lowest BCUT2D eigenvalue weighted by atomic mass is 10.2. The number of aromatic amines is 1. The van der Waals surface area contributed by atoms with Crippen LogP contribution in [0.25, 0.3) is 10.9 Å². The van der Waals surface area contributed by atoms with Crippen molar-refractivity contribution in [3.8, 4) is 5.75 Å². The van der Waals surface area contributed by atoms with Gasteiger partial charge in [0, 0.05) is 36.3 Å². The number of ether oxygens (including phenoxy) is 1. The first-order valence-electron chi connectivity index (χ1n) is 7.98. The molecule has 0 saturated carbocycles. The molecule has 1 unspecified atom stereocenters. The van der Waals surface area contributed by atoms with E-state index in [0.29, 0.717) is 13.1 Å². The van der Waals surface area contributed by atoms with E-state index in [1.807, 2.05) is 42.6 Å². The van der Waals surface area contributed by atoms with Crippen LogP contribution in [0.3, 0.4) is 0 Å². The molecule has 1 saturated heterocycles. The molecule has 6 nitrogen and oxygen atoms in total. The van der Waals surface area contributed by atoms with Crippen molar-refractivity contribution in [1.82, 2.24) is 14.9 Å². The number of rotatable bonds is 3. The lowest BCUT2D eigenvalue weighted by molar-refractivity contribution is 0.194. The molecule has 6 heteroatoms. The van der Waals surface area contributed by atoms with Crippen LogP contribution in [0.4, 0.5) is 10.5 Å². The molecule has 1 aliphatic heterocycles. The van der Waals surface area contributed by atoms with Gasteiger partial charge in [-0.3, -0.25) is 4.98 Å². The largest absolute Gasteiger partial charge is 0.487 e. The molecule has 0 spiro atoms. The van der Waals surface area contributed by atoms with Crippen molar-refractivity contribution < 1.29 is 9.53 Å². The fourth-order valence-electron chi connectivity index (χ4n) is 3.01. The molecule has 1 aliphatic rings. The first kappa shape index (κ1) is 14.6. The summed E-state index contributed by atoms with van der Waals surface area (Å²) in [4.78, 5) is 21.5. The van der Waals surface area contributed by atoms with E-state index in [1.54, 1.807) is 17.3 Å². The Balaban J connectivity index is 1.40. The van der Waals surface area contributed by atoms with Crippen LogP contribution in [0.2, 0.25) is 0 Å². The Bertz CT molecular complexity index is 846. The number of hydrogen-bond donors (Lipinski definition) is 2. The Hall–Kier alpha value is -3.02. The van der Waals surface area contributed by atoms with Gasteiger partial charge in [0.1, 0.15) is 11.9 Å². The number of pyridine rings is 1. The molecule has 0 aliphatic carbocycles. The summed E-state index contributed by atoms with van der Waals surface area (Å²) in [5.41, 5.74) is 1.82. The first-order valence-corrected chi connectivity index (χ1v) is 7.98. The van der Waals surface area contributed by atoms with Crippen molar-refractivity contribution in [2.45, 2.75) is 12.5 Å². The molecule has 2 N–H and O–H groups in total. The van der Waals surface area contributed by atoms with E-state index in [2.05, 4.69) is 15.3 Å². The molecule has 4 rings (SSSR count). The number of likely N-dealkylation sites (tertiary alicyclic amines) is 1. The third kappa shape index (κ3) is 2.90. The highest BCUT2D eigenvalue weighted by Crippen LogP contribution is 2.23. The zero-order valence-electron chi connectivity index (χ0n) is 13.1. The number of urea groups is 1. The van der Waals surface area contributed by atoms with E-state index in [1.165, 1.54) is 0 Å². The number of benzene rings is 1. The highest BCUT2D eigenvalue weighted by Gasteiger charge is 2.28. The number of carbonyl (C=O) groups is 1. The number of anilines is 1. The number of H-pyrrole nitrogens is 1.